The SMILES string of the molecule is c1cc(NC2CCC2)ccc1CN1CCCC1. The number of nitrogens with zero attached hydrogens (tertiary/aromatic N) is 1. The van der Waals surface area contributed by atoms with Gasteiger partial charge in [-0.3, -0.25) is 4.90 Å². The molecule has 1 heterocycles. The Hall–Kier alpha value is -1.02. The molecule has 1 aliphatic heterocycles. The minimum absolute atomic E-state index is 0.736. The molecule has 92 valence electrons. The van der Waals surface area contributed by atoms with Crippen molar-refractivity contribution in [2.24, 2.45) is 0 Å². The second-order valence-corrected chi connectivity index (χ2v) is 5.45. The smallest absolute Gasteiger partial charge is 0.0342 e. The van der Waals surface area contributed by atoms with Crippen LogP contribution in [0.25, 0.3) is 0 Å². The highest BCUT2D eigenvalue weighted by Gasteiger charge is 2.16. The lowest BCUT2D eigenvalue weighted by Crippen LogP contribution is -2.26. The van der Waals surface area contributed by atoms with Gasteiger partial charge in [0.25, 0.3) is 0 Å². The van der Waals surface area contributed by atoms with Crippen LogP contribution in [0.1, 0.15) is 37.7 Å². The van der Waals surface area contributed by atoms with Gasteiger partial charge < -0.3 is 5.32 Å². The van der Waals surface area contributed by atoms with E-state index in [0.717, 1.165) is 12.6 Å². The van der Waals surface area contributed by atoms with Gasteiger partial charge in [0.1, 0.15) is 0 Å². The number of nitrogens with one attached hydrogen (secondary N) is 1. The Morgan fingerprint density at radius 1 is 1.00 bits per heavy atom. The predicted octanol–water partition coefficient (Wildman–Crippen LogP) is 3.25. The van der Waals surface area contributed by atoms with Gasteiger partial charge in [0.05, 0.1) is 0 Å². The van der Waals surface area contributed by atoms with Crippen molar-refractivity contribution in [3.05, 3.63) is 29.8 Å². The van der Waals surface area contributed by atoms with E-state index in [1.807, 2.05) is 0 Å². The first-order valence-corrected chi connectivity index (χ1v) is 6.98. The van der Waals surface area contributed by atoms with E-state index in [1.54, 1.807) is 0 Å². The number of benzene rings is 1. The summed E-state index contributed by atoms with van der Waals surface area (Å²) in [5.41, 5.74) is 2.74. The highest BCUT2D eigenvalue weighted by molar-refractivity contribution is 5.45. The molecular weight excluding hydrogens is 208 g/mol. The fourth-order valence-corrected chi connectivity index (χ4v) is 2.69. The van der Waals surface area contributed by atoms with Crippen molar-refractivity contribution in [1.82, 2.24) is 4.90 Å². The fraction of sp³-hybridized carbons (Fsp3) is 0.600. The lowest BCUT2D eigenvalue weighted by Gasteiger charge is -2.27. The molecule has 2 heteroatoms. The number of hydrogen-bond donors (Lipinski definition) is 1. The number of hydrogen-bond acceptors (Lipinski definition) is 2. The van der Waals surface area contributed by atoms with Crippen molar-refractivity contribution in [2.45, 2.75) is 44.7 Å². The normalized spacial score (nSPS) is 21.4. The summed E-state index contributed by atoms with van der Waals surface area (Å²) >= 11 is 0. The first-order valence-electron chi connectivity index (χ1n) is 6.98. The maximum absolute atomic E-state index is 3.59. The molecule has 0 bridgehead atoms. The Bertz CT molecular complexity index is 348. The summed E-state index contributed by atoms with van der Waals surface area (Å²) in [4.78, 5) is 2.55. The summed E-state index contributed by atoms with van der Waals surface area (Å²) in [6.45, 7) is 3.69. The molecule has 1 saturated carbocycles. The van der Waals surface area contributed by atoms with Gasteiger partial charge in [0.2, 0.25) is 0 Å². The highest BCUT2D eigenvalue weighted by Crippen LogP contribution is 2.23. The first kappa shape index (κ1) is 11.1. The molecule has 2 aliphatic rings. The second kappa shape index (κ2) is 5.09. The van der Waals surface area contributed by atoms with E-state index in [9.17, 15) is 0 Å². The molecule has 17 heavy (non-hydrogen) atoms. The Morgan fingerprint density at radius 2 is 1.71 bits per heavy atom. The maximum Gasteiger partial charge on any atom is 0.0342 e. The van der Waals surface area contributed by atoms with Crippen LogP contribution in [0.5, 0.6) is 0 Å². The molecule has 0 aromatic heterocycles. The second-order valence-electron chi connectivity index (χ2n) is 5.45. The molecule has 1 N–H and O–H groups in total. The van der Waals surface area contributed by atoms with Gasteiger partial charge in [-0.15, -0.1) is 0 Å². The monoisotopic (exact) mass is 230 g/mol. The van der Waals surface area contributed by atoms with Gasteiger partial charge in [0.15, 0.2) is 0 Å². The van der Waals surface area contributed by atoms with Crippen LogP contribution in [0, 0.1) is 0 Å². The minimum atomic E-state index is 0.736. The average molecular weight is 230 g/mol. The van der Waals surface area contributed by atoms with Crippen LogP contribution in [0.2, 0.25) is 0 Å². The standard InChI is InChI=1S/C15H22N2/c1-2-11-17(10-1)12-13-6-8-15(9-7-13)16-14-4-3-5-14/h6-9,14,16H,1-5,10-12H2. The van der Waals surface area contributed by atoms with Gasteiger partial charge in [-0.1, -0.05) is 12.1 Å². The quantitative estimate of drug-likeness (QED) is 0.854. The molecule has 0 atom stereocenters. The highest BCUT2D eigenvalue weighted by atomic mass is 15.1. The Labute approximate surface area is 104 Å². The fourth-order valence-electron chi connectivity index (χ4n) is 2.69. The maximum atomic E-state index is 3.59. The van der Waals surface area contributed by atoms with Gasteiger partial charge >= 0.3 is 0 Å². The summed E-state index contributed by atoms with van der Waals surface area (Å²) in [7, 11) is 0. The van der Waals surface area contributed by atoms with Crippen LogP contribution < -0.4 is 5.32 Å². The molecule has 2 nitrogen and oxygen atoms in total. The van der Waals surface area contributed by atoms with E-state index < -0.39 is 0 Å². The topological polar surface area (TPSA) is 15.3 Å². The van der Waals surface area contributed by atoms with Crippen molar-refractivity contribution in [3.8, 4) is 0 Å². The van der Waals surface area contributed by atoms with Gasteiger partial charge in [-0.25, -0.2) is 0 Å². The molecular formula is C15H22N2. The molecule has 1 aromatic carbocycles. The Morgan fingerprint density at radius 3 is 2.29 bits per heavy atom. The van der Waals surface area contributed by atoms with E-state index in [-0.39, 0.29) is 0 Å². The summed E-state index contributed by atoms with van der Waals surface area (Å²) in [5, 5.41) is 3.59. The molecule has 0 radical (unpaired) electrons. The number of rotatable bonds is 4. The largest absolute Gasteiger partial charge is 0.382 e. The number of likely N-dealkylation sites (tertiary alicyclic amines) is 1. The Kier molecular flexibility index (Phi) is 3.32. The molecule has 0 unspecified atom stereocenters. The molecule has 1 aromatic rings. The van der Waals surface area contributed by atoms with Crippen LogP contribution in [0.3, 0.4) is 0 Å². The van der Waals surface area contributed by atoms with E-state index in [2.05, 4.69) is 34.5 Å². The third kappa shape index (κ3) is 2.81. The molecule has 1 saturated heterocycles. The van der Waals surface area contributed by atoms with Crippen molar-refractivity contribution < 1.29 is 0 Å². The van der Waals surface area contributed by atoms with Crippen LogP contribution in [-0.2, 0) is 6.54 Å². The van der Waals surface area contributed by atoms with Crippen molar-refractivity contribution in [1.29, 1.82) is 0 Å². The van der Waals surface area contributed by atoms with E-state index in [0.29, 0.717) is 0 Å². The first-order chi connectivity index (χ1) is 8.40. The lowest BCUT2D eigenvalue weighted by molar-refractivity contribution is 0.331. The average Bonchev–Trinajstić information content (AvgIpc) is 2.78. The molecule has 3 rings (SSSR count). The van der Waals surface area contributed by atoms with E-state index in [4.69, 9.17) is 0 Å². The molecule has 0 amide bonds. The van der Waals surface area contributed by atoms with Crippen molar-refractivity contribution >= 4 is 5.69 Å². The van der Waals surface area contributed by atoms with Gasteiger partial charge in [-0.2, -0.15) is 0 Å². The van der Waals surface area contributed by atoms with E-state index >= 15 is 0 Å². The number of anilines is 1. The lowest BCUT2D eigenvalue weighted by atomic mass is 9.93. The zero-order valence-corrected chi connectivity index (χ0v) is 10.5. The predicted molar refractivity (Wildman–Crippen MR) is 72.2 cm³/mol. The third-order valence-electron chi connectivity index (χ3n) is 4.03. The summed E-state index contributed by atoms with van der Waals surface area (Å²) in [6.07, 6.45) is 6.83. The molecule has 2 fully saturated rings. The van der Waals surface area contributed by atoms with E-state index in [1.165, 1.54) is 56.4 Å². The van der Waals surface area contributed by atoms with Gasteiger partial charge in [0, 0.05) is 18.3 Å². The zero-order chi connectivity index (χ0) is 11.5. The minimum Gasteiger partial charge on any atom is -0.382 e. The summed E-state index contributed by atoms with van der Waals surface area (Å²) in [5.74, 6) is 0. The summed E-state index contributed by atoms with van der Waals surface area (Å²) in [6, 6.07) is 9.77. The van der Waals surface area contributed by atoms with Crippen LogP contribution in [-0.4, -0.2) is 24.0 Å². The summed E-state index contributed by atoms with van der Waals surface area (Å²) < 4.78 is 0. The molecule has 1 aliphatic carbocycles. The third-order valence-corrected chi connectivity index (χ3v) is 4.03. The van der Waals surface area contributed by atoms with Crippen molar-refractivity contribution in [2.75, 3.05) is 18.4 Å². The van der Waals surface area contributed by atoms with Crippen LogP contribution >= 0.6 is 0 Å². The van der Waals surface area contributed by atoms with Gasteiger partial charge in [-0.05, 0) is 62.9 Å². The Balaban J connectivity index is 1.55. The van der Waals surface area contributed by atoms with Crippen LogP contribution in [0.4, 0.5) is 5.69 Å². The zero-order valence-electron chi connectivity index (χ0n) is 10.5. The molecule has 0 spiro atoms. The van der Waals surface area contributed by atoms with Crippen molar-refractivity contribution in [3.63, 3.8) is 0 Å². The van der Waals surface area contributed by atoms with Crippen LogP contribution in [0.15, 0.2) is 24.3 Å².